The lowest BCUT2D eigenvalue weighted by Gasteiger charge is -2.07. The van der Waals surface area contributed by atoms with E-state index >= 15 is 0 Å². The molecule has 0 aliphatic heterocycles. The van der Waals surface area contributed by atoms with Crippen LogP contribution in [0.1, 0.15) is 15.4 Å². The van der Waals surface area contributed by atoms with Gasteiger partial charge in [-0.15, -0.1) is 15.2 Å². The summed E-state index contributed by atoms with van der Waals surface area (Å²) in [5.41, 5.74) is 1.94. The molecule has 2 aromatic rings. The van der Waals surface area contributed by atoms with Crippen molar-refractivity contribution >= 4 is 33.2 Å². The van der Waals surface area contributed by atoms with Crippen LogP contribution < -0.4 is 5.32 Å². The number of rotatable bonds is 3. The molecule has 0 aliphatic carbocycles. The molecule has 0 unspecified atom stereocenters. The molecule has 1 aromatic heterocycles. The van der Waals surface area contributed by atoms with Crippen LogP contribution in [0.25, 0.3) is 0 Å². The second-order valence-electron chi connectivity index (χ2n) is 3.66. The van der Waals surface area contributed by atoms with Crippen molar-refractivity contribution in [2.45, 2.75) is 11.8 Å². The minimum atomic E-state index is -4.88. The van der Waals surface area contributed by atoms with Gasteiger partial charge >= 0.3 is 10.2 Å². The maximum atomic E-state index is 13.1. The van der Waals surface area contributed by atoms with Gasteiger partial charge < -0.3 is 5.32 Å². The van der Waals surface area contributed by atoms with Crippen LogP contribution in [0.2, 0.25) is 0 Å². The highest BCUT2D eigenvalue weighted by molar-refractivity contribution is 7.86. The van der Waals surface area contributed by atoms with Crippen molar-refractivity contribution < 1.29 is 17.1 Å². The van der Waals surface area contributed by atoms with E-state index in [9.17, 15) is 17.1 Å². The predicted molar refractivity (Wildman–Crippen MR) is 69.5 cm³/mol. The minimum absolute atomic E-state index is 0.0946. The molecule has 0 fully saturated rings. The number of anilines is 1. The molecule has 0 radical (unpaired) electrons. The lowest BCUT2D eigenvalue weighted by Crippen LogP contribution is -2.13. The van der Waals surface area contributed by atoms with E-state index < -0.39 is 21.0 Å². The number of aromatic nitrogens is 1. The first-order valence-electron chi connectivity index (χ1n) is 5.14. The average Bonchev–Trinajstić information content (AvgIpc) is 2.75. The Labute approximate surface area is 113 Å². The monoisotopic (exact) mass is 300 g/mol. The smallest absolute Gasteiger partial charge is 0.320 e. The molecule has 100 valence electrons. The fourth-order valence-electron chi connectivity index (χ4n) is 1.48. The van der Waals surface area contributed by atoms with Gasteiger partial charge in [-0.25, -0.2) is 4.98 Å². The topological polar surface area (TPSA) is 76.1 Å². The molecule has 19 heavy (non-hydrogen) atoms. The fraction of sp³-hybridized carbons (Fsp3) is 0.0909. The van der Waals surface area contributed by atoms with Crippen LogP contribution in [0.3, 0.4) is 0 Å². The number of halogens is 1. The molecule has 2 rings (SSSR count). The maximum absolute atomic E-state index is 13.1. The van der Waals surface area contributed by atoms with Gasteiger partial charge in [0.2, 0.25) is 0 Å². The Balaban J connectivity index is 2.35. The summed E-state index contributed by atoms with van der Waals surface area (Å²) in [7, 11) is -4.88. The number of hydrogen-bond acceptors (Lipinski definition) is 5. The summed E-state index contributed by atoms with van der Waals surface area (Å²) >= 11 is 1.12. The summed E-state index contributed by atoms with van der Waals surface area (Å²) in [4.78, 5) is 15.6. The second-order valence-corrected chi connectivity index (χ2v) is 5.83. The largest absolute Gasteiger partial charge is 0.334 e. The third-order valence-corrected chi connectivity index (χ3v) is 4.16. The van der Waals surface area contributed by atoms with E-state index in [1.807, 2.05) is 0 Å². The van der Waals surface area contributed by atoms with E-state index in [1.54, 1.807) is 6.92 Å². The molecular weight excluding hydrogens is 291 g/mol. The van der Waals surface area contributed by atoms with Gasteiger partial charge in [0, 0.05) is 0 Å². The van der Waals surface area contributed by atoms with Crippen molar-refractivity contribution in [1.82, 2.24) is 4.98 Å². The van der Waals surface area contributed by atoms with Crippen molar-refractivity contribution in [3.63, 3.8) is 0 Å². The van der Waals surface area contributed by atoms with E-state index in [0.29, 0.717) is 10.6 Å². The van der Waals surface area contributed by atoms with Crippen LogP contribution >= 0.6 is 11.3 Å². The highest BCUT2D eigenvalue weighted by atomic mass is 32.3. The third kappa shape index (κ3) is 2.96. The highest BCUT2D eigenvalue weighted by Gasteiger charge is 2.19. The number of para-hydroxylation sites is 1. The Morgan fingerprint density at radius 3 is 2.63 bits per heavy atom. The summed E-state index contributed by atoms with van der Waals surface area (Å²) in [5.74, 6) is -0.517. The lowest BCUT2D eigenvalue weighted by atomic mass is 10.3. The van der Waals surface area contributed by atoms with Crippen LogP contribution in [0.15, 0.2) is 34.7 Å². The van der Waals surface area contributed by atoms with E-state index in [2.05, 4.69) is 10.3 Å². The van der Waals surface area contributed by atoms with Gasteiger partial charge in [0.25, 0.3) is 5.91 Å². The maximum Gasteiger partial charge on any atom is 0.334 e. The first-order chi connectivity index (χ1) is 8.89. The van der Waals surface area contributed by atoms with Crippen molar-refractivity contribution in [3.05, 3.63) is 40.3 Å². The number of carbonyl (C=O) groups excluding carboxylic acids is 1. The zero-order valence-corrected chi connectivity index (χ0v) is 11.4. The van der Waals surface area contributed by atoms with Crippen molar-refractivity contribution in [2.24, 2.45) is 0 Å². The zero-order valence-electron chi connectivity index (χ0n) is 9.75. The zero-order chi connectivity index (χ0) is 14.0. The second kappa shape index (κ2) is 5.06. The molecular formula is C11H9FN2O3S2. The number of nitrogens with one attached hydrogen (secondary N) is 1. The van der Waals surface area contributed by atoms with Crippen molar-refractivity contribution in [1.29, 1.82) is 0 Å². The summed E-state index contributed by atoms with van der Waals surface area (Å²) in [6.45, 7) is 1.66. The standard InChI is InChI=1S/C11H9FN2O3S2/c1-7-10(18-6-13-7)11(15)14-8-4-2-3-5-9(8)19(12,16)17/h2-6H,1H3,(H,14,15). The van der Waals surface area contributed by atoms with Gasteiger partial charge in [0.15, 0.2) is 0 Å². The fourth-order valence-corrected chi connectivity index (χ4v) is 2.80. The minimum Gasteiger partial charge on any atom is -0.320 e. The van der Waals surface area contributed by atoms with Crippen LogP contribution in [-0.2, 0) is 10.2 Å². The first-order valence-corrected chi connectivity index (χ1v) is 7.41. The number of carbonyl (C=O) groups is 1. The van der Waals surface area contributed by atoms with Crippen molar-refractivity contribution in [3.8, 4) is 0 Å². The normalized spacial score (nSPS) is 11.3. The molecule has 8 heteroatoms. The number of hydrogen-bond donors (Lipinski definition) is 1. The summed E-state index contributed by atoms with van der Waals surface area (Å²) in [5, 5.41) is 2.37. The molecule has 0 atom stereocenters. The number of thiazole rings is 1. The van der Waals surface area contributed by atoms with E-state index in [0.717, 1.165) is 17.4 Å². The molecule has 0 aliphatic rings. The Kier molecular flexibility index (Phi) is 3.63. The Morgan fingerprint density at radius 1 is 1.37 bits per heavy atom. The number of benzene rings is 1. The van der Waals surface area contributed by atoms with Gasteiger partial charge in [0.05, 0.1) is 16.9 Å². The van der Waals surface area contributed by atoms with Crippen LogP contribution in [0, 0.1) is 6.92 Å². The molecule has 1 amide bonds. The van der Waals surface area contributed by atoms with Gasteiger partial charge in [-0.1, -0.05) is 12.1 Å². The van der Waals surface area contributed by atoms with Crippen molar-refractivity contribution in [2.75, 3.05) is 5.32 Å². The Bertz CT molecular complexity index is 725. The molecule has 1 heterocycles. The molecule has 0 spiro atoms. The highest BCUT2D eigenvalue weighted by Crippen LogP contribution is 2.24. The molecule has 5 nitrogen and oxygen atoms in total. The predicted octanol–water partition coefficient (Wildman–Crippen LogP) is 2.36. The summed E-state index contributed by atoms with van der Waals surface area (Å²) in [6, 6.07) is 5.29. The van der Waals surface area contributed by atoms with E-state index in [1.165, 1.54) is 23.7 Å². The summed E-state index contributed by atoms with van der Waals surface area (Å²) in [6.07, 6.45) is 0. The Hall–Kier alpha value is -1.80. The van der Waals surface area contributed by atoms with Gasteiger partial charge in [-0.05, 0) is 19.1 Å². The third-order valence-electron chi connectivity index (χ3n) is 2.35. The lowest BCUT2D eigenvalue weighted by molar-refractivity contribution is 0.102. The van der Waals surface area contributed by atoms with Crippen LogP contribution in [0.4, 0.5) is 9.57 Å². The SMILES string of the molecule is Cc1ncsc1C(=O)Nc1ccccc1S(=O)(=O)F. The van der Waals surface area contributed by atoms with E-state index in [-0.39, 0.29) is 5.69 Å². The molecule has 0 saturated carbocycles. The number of amides is 1. The molecule has 0 bridgehead atoms. The van der Waals surface area contributed by atoms with E-state index in [4.69, 9.17) is 0 Å². The van der Waals surface area contributed by atoms with Gasteiger partial charge in [0.1, 0.15) is 9.77 Å². The summed E-state index contributed by atoms with van der Waals surface area (Å²) < 4.78 is 35.0. The van der Waals surface area contributed by atoms with Gasteiger partial charge in [-0.3, -0.25) is 4.79 Å². The van der Waals surface area contributed by atoms with Crippen LogP contribution in [-0.4, -0.2) is 19.3 Å². The Morgan fingerprint density at radius 2 is 2.05 bits per heavy atom. The molecule has 1 aromatic carbocycles. The quantitative estimate of drug-likeness (QED) is 0.883. The molecule has 0 saturated heterocycles. The average molecular weight is 300 g/mol. The molecule has 1 N–H and O–H groups in total. The number of nitrogens with zero attached hydrogens (tertiary/aromatic N) is 1. The number of aryl methyl sites for hydroxylation is 1. The first kappa shape index (κ1) is 13.6. The van der Waals surface area contributed by atoms with Gasteiger partial charge in [-0.2, -0.15) is 8.42 Å². The van der Waals surface area contributed by atoms with Crippen LogP contribution in [0.5, 0.6) is 0 Å².